The Labute approximate surface area is 184 Å². The Morgan fingerprint density at radius 2 is 2.06 bits per heavy atom. The highest BCUT2D eigenvalue weighted by molar-refractivity contribution is 5.86. The SMILES string of the molecule is [C-]#[N+]c1ccc(CNC(=O)[C@@H]2CCCN(C(=O)[C@@H](CC)CC(C)=O)C2)c(OC(F)(F)F)c1. The first-order chi connectivity index (χ1) is 15.0. The van der Waals surface area contributed by atoms with Gasteiger partial charge in [0, 0.05) is 37.5 Å². The monoisotopic (exact) mass is 453 g/mol. The molecule has 1 aliphatic heterocycles. The van der Waals surface area contributed by atoms with Crippen LogP contribution in [0.15, 0.2) is 18.2 Å². The van der Waals surface area contributed by atoms with Crippen LogP contribution in [0.2, 0.25) is 0 Å². The number of hydrogen-bond acceptors (Lipinski definition) is 4. The summed E-state index contributed by atoms with van der Waals surface area (Å²) in [5, 5.41) is 2.61. The van der Waals surface area contributed by atoms with Gasteiger partial charge < -0.3 is 19.7 Å². The zero-order valence-electron chi connectivity index (χ0n) is 18.0. The summed E-state index contributed by atoms with van der Waals surface area (Å²) < 4.78 is 42.1. The molecule has 0 aromatic heterocycles. The molecule has 1 aromatic carbocycles. The predicted octanol–water partition coefficient (Wildman–Crippen LogP) is 4.00. The van der Waals surface area contributed by atoms with Gasteiger partial charge in [-0.05, 0) is 32.3 Å². The fourth-order valence-electron chi connectivity index (χ4n) is 3.71. The maximum atomic E-state index is 12.7. The van der Waals surface area contributed by atoms with Gasteiger partial charge in [0.25, 0.3) is 0 Å². The van der Waals surface area contributed by atoms with Crippen LogP contribution in [0, 0.1) is 18.4 Å². The second kappa shape index (κ2) is 11.0. The van der Waals surface area contributed by atoms with Gasteiger partial charge in [0.1, 0.15) is 11.5 Å². The summed E-state index contributed by atoms with van der Waals surface area (Å²) in [5.74, 6) is -2.07. The summed E-state index contributed by atoms with van der Waals surface area (Å²) in [7, 11) is 0. The first-order valence-electron chi connectivity index (χ1n) is 10.4. The third-order valence-electron chi connectivity index (χ3n) is 5.34. The molecule has 1 aliphatic rings. The molecule has 2 rings (SSSR count). The van der Waals surface area contributed by atoms with Gasteiger partial charge in [0.15, 0.2) is 5.69 Å². The maximum absolute atomic E-state index is 12.7. The second-order valence-electron chi connectivity index (χ2n) is 7.80. The van der Waals surface area contributed by atoms with Crippen molar-refractivity contribution in [2.24, 2.45) is 11.8 Å². The Kier molecular flexibility index (Phi) is 8.63. The number of carbonyl (C=O) groups is 3. The number of carbonyl (C=O) groups excluding carboxylic acids is 3. The number of rotatable bonds is 8. The molecule has 1 N–H and O–H groups in total. The Hall–Kier alpha value is -3.09. The Morgan fingerprint density at radius 3 is 2.66 bits per heavy atom. The lowest BCUT2D eigenvalue weighted by molar-refractivity contribution is -0.274. The number of nitrogens with zero attached hydrogens (tertiary/aromatic N) is 2. The number of ether oxygens (including phenoxy) is 1. The smallest absolute Gasteiger partial charge is 0.407 e. The standard InChI is InChI=1S/C22H26F3N3O4/c1-4-15(10-14(2)29)21(31)28-9-5-6-17(13-28)20(30)27-12-16-7-8-18(26-3)11-19(16)32-22(23,24)25/h7-8,11,15,17H,4-6,9-10,12-13H2,1-2H3,(H,27,30)/t15-,17+/m0/s1. The molecule has 2 amide bonds. The number of likely N-dealkylation sites (tertiary alicyclic amines) is 1. The van der Waals surface area contributed by atoms with Crippen LogP contribution in [-0.4, -0.2) is 41.9 Å². The van der Waals surface area contributed by atoms with E-state index in [1.807, 2.05) is 6.92 Å². The summed E-state index contributed by atoms with van der Waals surface area (Å²) in [6.07, 6.45) is -3.09. The van der Waals surface area contributed by atoms with Crippen LogP contribution in [0.4, 0.5) is 18.9 Å². The van der Waals surface area contributed by atoms with E-state index < -0.39 is 23.9 Å². The van der Waals surface area contributed by atoms with Crippen LogP contribution in [0.5, 0.6) is 5.75 Å². The Balaban J connectivity index is 2.03. The third-order valence-corrected chi connectivity index (χ3v) is 5.34. The number of alkyl halides is 3. The van der Waals surface area contributed by atoms with Crippen molar-refractivity contribution in [2.75, 3.05) is 13.1 Å². The quantitative estimate of drug-likeness (QED) is 0.604. The maximum Gasteiger partial charge on any atom is 0.573 e. The lowest BCUT2D eigenvalue weighted by atomic mass is 9.93. The van der Waals surface area contributed by atoms with Gasteiger partial charge in [-0.25, -0.2) is 4.85 Å². The minimum absolute atomic E-state index is 0.0169. The van der Waals surface area contributed by atoms with Crippen molar-refractivity contribution >= 4 is 23.3 Å². The van der Waals surface area contributed by atoms with Gasteiger partial charge >= 0.3 is 6.36 Å². The Bertz CT molecular complexity index is 895. The molecular formula is C22H26F3N3O4. The van der Waals surface area contributed by atoms with Crippen molar-refractivity contribution in [1.29, 1.82) is 0 Å². The second-order valence-corrected chi connectivity index (χ2v) is 7.80. The van der Waals surface area contributed by atoms with Crippen LogP contribution in [0.25, 0.3) is 4.85 Å². The fraction of sp³-hybridized carbons (Fsp3) is 0.545. The van der Waals surface area contributed by atoms with Crippen molar-refractivity contribution in [3.05, 3.63) is 35.2 Å². The summed E-state index contributed by atoms with van der Waals surface area (Å²) in [6, 6.07) is 3.63. The normalized spacial score (nSPS) is 17.2. The van der Waals surface area contributed by atoms with Crippen LogP contribution < -0.4 is 10.1 Å². The number of piperidine rings is 1. The molecular weight excluding hydrogens is 427 g/mol. The van der Waals surface area contributed by atoms with E-state index >= 15 is 0 Å². The van der Waals surface area contributed by atoms with E-state index in [0.717, 1.165) is 6.07 Å². The van der Waals surface area contributed by atoms with Crippen LogP contribution in [-0.2, 0) is 20.9 Å². The molecule has 0 radical (unpaired) electrons. The molecule has 10 heteroatoms. The van der Waals surface area contributed by atoms with E-state index in [0.29, 0.717) is 25.8 Å². The molecule has 2 atom stereocenters. The molecule has 1 aromatic rings. The largest absolute Gasteiger partial charge is 0.573 e. The summed E-state index contributed by atoms with van der Waals surface area (Å²) >= 11 is 0. The highest BCUT2D eigenvalue weighted by atomic mass is 19.4. The minimum atomic E-state index is -4.93. The van der Waals surface area contributed by atoms with E-state index in [1.165, 1.54) is 19.1 Å². The van der Waals surface area contributed by atoms with Crippen molar-refractivity contribution in [2.45, 2.75) is 52.4 Å². The van der Waals surface area contributed by atoms with E-state index in [9.17, 15) is 27.6 Å². The van der Waals surface area contributed by atoms with Crippen molar-refractivity contribution in [3.8, 4) is 5.75 Å². The number of ketones is 1. The minimum Gasteiger partial charge on any atom is -0.407 e. The molecule has 0 unspecified atom stereocenters. The molecule has 0 bridgehead atoms. The molecule has 174 valence electrons. The molecule has 0 saturated carbocycles. The van der Waals surface area contributed by atoms with E-state index in [1.54, 1.807) is 4.90 Å². The lowest BCUT2D eigenvalue weighted by Crippen LogP contribution is -2.47. The highest BCUT2D eigenvalue weighted by Crippen LogP contribution is 2.30. The predicted molar refractivity (Wildman–Crippen MR) is 110 cm³/mol. The van der Waals surface area contributed by atoms with Gasteiger partial charge in [-0.3, -0.25) is 9.59 Å². The zero-order chi connectivity index (χ0) is 23.9. The molecule has 1 saturated heterocycles. The fourth-order valence-corrected chi connectivity index (χ4v) is 3.71. The van der Waals surface area contributed by atoms with Gasteiger partial charge in [-0.15, -0.1) is 13.2 Å². The molecule has 7 nitrogen and oxygen atoms in total. The number of halogens is 3. The van der Waals surface area contributed by atoms with Crippen LogP contribution in [0.3, 0.4) is 0 Å². The number of nitrogens with one attached hydrogen (secondary N) is 1. The number of benzene rings is 1. The zero-order valence-corrected chi connectivity index (χ0v) is 18.0. The summed E-state index contributed by atoms with van der Waals surface area (Å²) in [5.41, 5.74) is 0.0659. The molecule has 1 heterocycles. The van der Waals surface area contributed by atoms with Gasteiger partial charge in [-0.2, -0.15) is 0 Å². The average molecular weight is 453 g/mol. The number of Topliss-reactive ketones (excluding diaryl/α,β-unsaturated/α-hetero) is 1. The number of amides is 2. The summed E-state index contributed by atoms with van der Waals surface area (Å²) in [6.45, 7) is 10.7. The molecule has 0 spiro atoms. The van der Waals surface area contributed by atoms with Crippen molar-refractivity contribution < 1.29 is 32.3 Å². The van der Waals surface area contributed by atoms with Crippen molar-refractivity contribution in [3.63, 3.8) is 0 Å². The number of hydrogen-bond donors (Lipinski definition) is 1. The first kappa shape index (κ1) is 25.2. The highest BCUT2D eigenvalue weighted by Gasteiger charge is 2.33. The van der Waals surface area contributed by atoms with Crippen LogP contribution in [0.1, 0.15) is 45.1 Å². The molecule has 1 fully saturated rings. The van der Waals surface area contributed by atoms with Gasteiger partial charge in [0.2, 0.25) is 11.8 Å². The average Bonchev–Trinajstić information content (AvgIpc) is 2.74. The topological polar surface area (TPSA) is 80.1 Å². The Morgan fingerprint density at radius 1 is 1.34 bits per heavy atom. The lowest BCUT2D eigenvalue weighted by Gasteiger charge is -2.34. The van der Waals surface area contributed by atoms with E-state index in [2.05, 4.69) is 14.9 Å². The first-order valence-corrected chi connectivity index (χ1v) is 10.4. The van der Waals surface area contributed by atoms with Crippen LogP contribution >= 0.6 is 0 Å². The van der Waals surface area contributed by atoms with Gasteiger partial charge in [-0.1, -0.05) is 19.1 Å². The van der Waals surface area contributed by atoms with Gasteiger partial charge in [0.05, 0.1) is 12.5 Å². The van der Waals surface area contributed by atoms with E-state index in [4.69, 9.17) is 6.57 Å². The van der Waals surface area contributed by atoms with Crippen molar-refractivity contribution in [1.82, 2.24) is 10.2 Å². The summed E-state index contributed by atoms with van der Waals surface area (Å²) in [4.78, 5) is 41.5. The van der Waals surface area contributed by atoms with E-state index in [-0.39, 0.29) is 48.4 Å². The molecule has 32 heavy (non-hydrogen) atoms. The molecule has 0 aliphatic carbocycles. The third kappa shape index (κ3) is 7.25.